The SMILES string of the molecule is CCNC(=NCc1nc(-c2ccco2)n[nH]1)N1CCc2cc(OC)c(OC)cc2C1. The topological polar surface area (TPSA) is 101 Å². The van der Waals surface area contributed by atoms with E-state index in [2.05, 4.69) is 44.5 Å². The van der Waals surface area contributed by atoms with Crippen LogP contribution in [-0.4, -0.2) is 53.3 Å². The summed E-state index contributed by atoms with van der Waals surface area (Å²) in [4.78, 5) is 11.5. The minimum absolute atomic E-state index is 0.394. The average molecular weight is 410 g/mol. The van der Waals surface area contributed by atoms with Gasteiger partial charge in [0.1, 0.15) is 12.4 Å². The van der Waals surface area contributed by atoms with Crippen LogP contribution < -0.4 is 14.8 Å². The third-order valence-electron chi connectivity index (χ3n) is 5.00. The van der Waals surface area contributed by atoms with Crippen molar-refractivity contribution in [2.45, 2.75) is 26.4 Å². The van der Waals surface area contributed by atoms with Gasteiger partial charge in [-0.25, -0.2) is 9.98 Å². The van der Waals surface area contributed by atoms with Crippen molar-refractivity contribution in [2.24, 2.45) is 4.99 Å². The van der Waals surface area contributed by atoms with Crippen LogP contribution in [0.5, 0.6) is 11.5 Å². The van der Waals surface area contributed by atoms with Crippen LogP contribution in [0.2, 0.25) is 0 Å². The Hall–Kier alpha value is -3.49. The molecule has 0 atom stereocenters. The fraction of sp³-hybridized carbons (Fsp3) is 0.381. The lowest BCUT2D eigenvalue weighted by Crippen LogP contribution is -2.44. The number of furan rings is 1. The number of nitrogens with zero attached hydrogens (tertiary/aromatic N) is 4. The molecule has 1 aliphatic rings. The first-order valence-electron chi connectivity index (χ1n) is 9.94. The summed E-state index contributed by atoms with van der Waals surface area (Å²) in [6.45, 7) is 4.84. The largest absolute Gasteiger partial charge is 0.493 e. The zero-order valence-corrected chi connectivity index (χ0v) is 17.4. The van der Waals surface area contributed by atoms with Crippen LogP contribution in [-0.2, 0) is 19.5 Å². The van der Waals surface area contributed by atoms with E-state index in [1.54, 1.807) is 20.5 Å². The fourth-order valence-corrected chi connectivity index (χ4v) is 3.52. The average Bonchev–Trinajstić information content (AvgIpc) is 3.47. The van der Waals surface area contributed by atoms with Crippen LogP contribution >= 0.6 is 0 Å². The zero-order valence-electron chi connectivity index (χ0n) is 17.4. The maximum atomic E-state index is 5.47. The molecule has 30 heavy (non-hydrogen) atoms. The van der Waals surface area contributed by atoms with Gasteiger partial charge in [0.2, 0.25) is 5.82 Å². The molecule has 3 heterocycles. The predicted octanol–water partition coefficient (Wildman–Crippen LogP) is 2.61. The van der Waals surface area contributed by atoms with Crippen molar-refractivity contribution in [3.8, 4) is 23.1 Å². The Kier molecular flexibility index (Phi) is 5.87. The van der Waals surface area contributed by atoms with E-state index < -0.39 is 0 Å². The summed E-state index contributed by atoms with van der Waals surface area (Å²) < 4.78 is 16.2. The number of methoxy groups -OCH3 is 2. The molecule has 0 fully saturated rings. The lowest BCUT2D eigenvalue weighted by molar-refractivity contribution is 0.346. The van der Waals surface area contributed by atoms with Crippen molar-refractivity contribution >= 4 is 5.96 Å². The molecule has 0 bridgehead atoms. The number of aromatic amines is 1. The number of ether oxygens (including phenoxy) is 2. The lowest BCUT2D eigenvalue weighted by Gasteiger charge is -2.32. The summed E-state index contributed by atoms with van der Waals surface area (Å²) in [5, 5.41) is 10.5. The first-order chi connectivity index (χ1) is 14.7. The smallest absolute Gasteiger partial charge is 0.216 e. The standard InChI is InChI=1S/C21H26N6O3/c1-4-22-21(23-12-19-24-20(26-25-19)16-6-5-9-30-16)27-8-7-14-10-17(28-2)18(29-3)11-15(14)13-27/h5-6,9-11H,4,7-8,12-13H2,1-3H3,(H,22,23)(H,24,25,26). The molecule has 0 aliphatic carbocycles. The van der Waals surface area contributed by atoms with E-state index in [-0.39, 0.29) is 0 Å². The number of aliphatic imine (C=N–C) groups is 1. The van der Waals surface area contributed by atoms with E-state index in [0.717, 1.165) is 43.5 Å². The number of fused-ring (bicyclic) bond motifs is 1. The summed E-state index contributed by atoms with van der Waals surface area (Å²) >= 11 is 0. The van der Waals surface area contributed by atoms with Crippen molar-refractivity contribution in [3.05, 3.63) is 47.5 Å². The normalized spacial score (nSPS) is 13.8. The maximum absolute atomic E-state index is 5.47. The highest BCUT2D eigenvalue weighted by Crippen LogP contribution is 2.33. The molecule has 0 unspecified atom stereocenters. The number of H-pyrrole nitrogens is 1. The molecule has 9 nitrogen and oxygen atoms in total. The Morgan fingerprint density at radius 3 is 2.77 bits per heavy atom. The van der Waals surface area contributed by atoms with Gasteiger partial charge in [-0.1, -0.05) is 0 Å². The number of hydrogen-bond acceptors (Lipinski definition) is 6. The third kappa shape index (κ3) is 4.10. The molecular formula is C21H26N6O3. The summed E-state index contributed by atoms with van der Waals surface area (Å²) in [7, 11) is 3.32. The number of hydrogen-bond donors (Lipinski definition) is 2. The highest BCUT2D eigenvalue weighted by Gasteiger charge is 2.22. The molecule has 0 saturated heterocycles. The molecule has 158 valence electrons. The monoisotopic (exact) mass is 410 g/mol. The van der Waals surface area contributed by atoms with Crippen LogP contribution in [0.4, 0.5) is 0 Å². The van der Waals surface area contributed by atoms with Crippen LogP contribution in [0.3, 0.4) is 0 Å². The third-order valence-corrected chi connectivity index (χ3v) is 5.00. The molecule has 2 N–H and O–H groups in total. The highest BCUT2D eigenvalue weighted by atomic mass is 16.5. The number of aromatic nitrogens is 3. The van der Waals surface area contributed by atoms with Gasteiger partial charge in [0.15, 0.2) is 23.2 Å². The molecule has 3 aromatic rings. The Balaban J connectivity index is 1.50. The van der Waals surface area contributed by atoms with Gasteiger partial charge < -0.3 is 24.1 Å². The molecule has 1 aliphatic heterocycles. The minimum atomic E-state index is 0.394. The van der Waals surface area contributed by atoms with Crippen LogP contribution in [0.25, 0.3) is 11.6 Å². The van der Waals surface area contributed by atoms with Crippen molar-refractivity contribution < 1.29 is 13.9 Å². The van der Waals surface area contributed by atoms with Gasteiger partial charge in [-0.05, 0) is 48.7 Å². The fourth-order valence-electron chi connectivity index (χ4n) is 3.52. The predicted molar refractivity (Wildman–Crippen MR) is 113 cm³/mol. The molecule has 9 heteroatoms. The Morgan fingerprint density at radius 1 is 1.27 bits per heavy atom. The van der Waals surface area contributed by atoms with Crippen molar-refractivity contribution in [1.29, 1.82) is 0 Å². The molecule has 1 aromatic carbocycles. The van der Waals surface area contributed by atoms with Gasteiger partial charge in [0.25, 0.3) is 0 Å². The van der Waals surface area contributed by atoms with Gasteiger partial charge in [-0.2, -0.15) is 0 Å². The molecule has 0 saturated carbocycles. The molecule has 0 spiro atoms. The summed E-state index contributed by atoms with van der Waals surface area (Å²) in [5.41, 5.74) is 2.49. The van der Waals surface area contributed by atoms with E-state index in [1.807, 2.05) is 12.1 Å². The van der Waals surface area contributed by atoms with Crippen LogP contribution in [0, 0.1) is 0 Å². The number of rotatable bonds is 6. The van der Waals surface area contributed by atoms with Crippen molar-refractivity contribution in [1.82, 2.24) is 25.4 Å². The zero-order chi connectivity index (χ0) is 20.9. The second-order valence-electron chi connectivity index (χ2n) is 6.90. The molecule has 4 rings (SSSR count). The second kappa shape index (κ2) is 8.89. The van der Waals surface area contributed by atoms with Gasteiger partial charge in [0, 0.05) is 19.6 Å². The number of benzene rings is 1. The lowest BCUT2D eigenvalue weighted by atomic mass is 9.99. The second-order valence-corrected chi connectivity index (χ2v) is 6.90. The molecule has 2 aromatic heterocycles. The van der Waals surface area contributed by atoms with Crippen molar-refractivity contribution in [2.75, 3.05) is 27.3 Å². The van der Waals surface area contributed by atoms with E-state index in [0.29, 0.717) is 24.0 Å². The van der Waals surface area contributed by atoms with Gasteiger partial charge >= 0.3 is 0 Å². The van der Waals surface area contributed by atoms with Crippen LogP contribution in [0.1, 0.15) is 23.9 Å². The Labute approximate surface area is 175 Å². The van der Waals surface area contributed by atoms with Gasteiger partial charge in [0.05, 0.1) is 20.5 Å². The first-order valence-corrected chi connectivity index (χ1v) is 9.94. The Bertz CT molecular complexity index is 1010. The van der Waals surface area contributed by atoms with E-state index in [1.165, 1.54) is 11.1 Å². The highest BCUT2D eigenvalue weighted by molar-refractivity contribution is 5.80. The van der Waals surface area contributed by atoms with Gasteiger partial charge in [-0.3, -0.25) is 5.10 Å². The van der Waals surface area contributed by atoms with Crippen molar-refractivity contribution in [3.63, 3.8) is 0 Å². The van der Waals surface area contributed by atoms with Crippen LogP contribution in [0.15, 0.2) is 39.9 Å². The van der Waals surface area contributed by atoms with E-state index >= 15 is 0 Å². The van der Waals surface area contributed by atoms with E-state index in [9.17, 15) is 0 Å². The molecule has 0 amide bonds. The minimum Gasteiger partial charge on any atom is -0.493 e. The Morgan fingerprint density at radius 2 is 2.07 bits per heavy atom. The first kappa shape index (κ1) is 19.8. The summed E-state index contributed by atoms with van der Waals surface area (Å²) in [5.74, 6) is 4.19. The summed E-state index contributed by atoms with van der Waals surface area (Å²) in [6, 6.07) is 7.76. The van der Waals surface area contributed by atoms with E-state index in [4.69, 9.17) is 18.9 Å². The number of nitrogens with one attached hydrogen (secondary N) is 2. The summed E-state index contributed by atoms with van der Waals surface area (Å²) in [6.07, 6.45) is 2.51. The quantitative estimate of drug-likeness (QED) is 0.476. The maximum Gasteiger partial charge on any atom is 0.216 e. The molecule has 0 radical (unpaired) electrons. The van der Waals surface area contributed by atoms with Gasteiger partial charge in [-0.15, -0.1) is 5.10 Å². The molecular weight excluding hydrogens is 384 g/mol. The number of guanidine groups is 1.